The van der Waals surface area contributed by atoms with E-state index < -0.39 is 17.8 Å². The van der Waals surface area contributed by atoms with E-state index in [-0.39, 0.29) is 23.6 Å². The quantitative estimate of drug-likeness (QED) is 0.789. The van der Waals surface area contributed by atoms with Crippen molar-refractivity contribution in [3.05, 3.63) is 40.0 Å². The van der Waals surface area contributed by atoms with Gasteiger partial charge in [-0.2, -0.15) is 18.3 Å². The molecule has 0 saturated carbocycles. The molecule has 1 aromatic carbocycles. The van der Waals surface area contributed by atoms with Gasteiger partial charge in [-0.15, -0.1) is 0 Å². The minimum absolute atomic E-state index is 0.0438. The van der Waals surface area contributed by atoms with E-state index in [1.54, 1.807) is 32.1 Å². The second-order valence-corrected chi connectivity index (χ2v) is 6.47. The third-order valence-electron chi connectivity index (χ3n) is 3.22. The summed E-state index contributed by atoms with van der Waals surface area (Å²) < 4.78 is 41.9. The minimum atomic E-state index is -4.51. The highest BCUT2D eigenvalue weighted by molar-refractivity contribution is 9.10. The number of hydrogen-bond acceptors (Lipinski definition) is 3. The lowest BCUT2D eigenvalue weighted by atomic mass is 10.1. The first-order valence-corrected chi connectivity index (χ1v) is 7.98. The molecule has 2 rings (SSSR count). The predicted molar refractivity (Wildman–Crippen MR) is 92.4 cm³/mol. The number of anilines is 2. The molecule has 0 bridgehead atoms. The van der Waals surface area contributed by atoms with Gasteiger partial charge in [0.05, 0.1) is 5.56 Å². The largest absolute Gasteiger partial charge is 0.416 e. The molecule has 0 aliphatic heterocycles. The molecular formula is C15H17BrF3N5O. The van der Waals surface area contributed by atoms with Gasteiger partial charge in [-0.05, 0) is 47.7 Å². The van der Waals surface area contributed by atoms with Crippen molar-refractivity contribution in [1.29, 1.82) is 0 Å². The number of carbonyl (C=O) groups is 1. The molecule has 0 aliphatic rings. The third kappa shape index (κ3) is 5.20. The molecular weight excluding hydrogens is 403 g/mol. The van der Waals surface area contributed by atoms with Crippen LogP contribution in [-0.2, 0) is 19.8 Å². The van der Waals surface area contributed by atoms with Crippen molar-refractivity contribution in [3.8, 4) is 0 Å². The lowest BCUT2D eigenvalue weighted by molar-refractivity contribution is -0.138. The van der Waals surface area contributed by atoms with Crippen LogP contribution in [0, 0.1) is 0 Å². The number of carbonyl (C=O) groups excluding carboxylic acids is 1. The Balaban J connectivity index is 2.17. The summed E-state index contributed by atoms with van der Waals surface area (Å²) in [6, 6.07) is 4.60. The topological polar surface area (TPSA) is 62.2 Å². The molecule has 1 aromatic heterocycles. The van der Waals surface area contributed by atoms with Crippen molar-refractivity contribution in [2.45, 2.75) is 12.7 Å². The van der Waals surface area contributed by atoms with Gasteiger partial charge in [-0.3, -0.25) is 10.00 Å². The Hall–Kier alpha value is -2.07. The molecule has 2 amide bonds. The Morgan fingerprint density at radius 1 is 1.28 bits per heavy atom. The molecule has 0 radical (unpaired) electrons. The highest BCUT2D eigenvalue weighted by atomic mass is 79.9. The van der Waals surface area contributed by atoms with Crippen molar-refractivity contribution in [2.24, 2.45) is 7.05 Å². The number of nitrogens with one attached hydrogen (secondary N) is 2. The van der Waals surface area contributed by atoms with Gasteiger partial charge in [0.25, 0.3) is 0 Å². The van der Waals surface area contributed by atoms with E-state index in [9.17, 15) is 18.0 Å². The van der Waals surface area contributed by atoms with E-state index in [4.69, 9.17) is 0 Å². The zero-order chi connectivity index (χ0) is 18.8. The van der Waals surface area contributed by atoms with Crippen LogP contribution >= 0.6 is 15.9 Å². The molecule has 0 atom stereocenters. The van der Waals surface area contributed by atoms with Crippen LogP contribution in [0.4, 0.5) is 29.5 Å². The summed E-state index contributed by atoms with van der Waals surface area (Å²) >= 11 is 3.23. The van der Waals surface area contributed by atoms with E-state index in [1.165, 1.54) is 16.8 Å². The number of halogens is 4. The molecule has 1 heterocycles. The van der Waals surface area contributed by atoms with Gasteiger partial charge >= 0.3 is 12.2 Å². The number of urea groups is 1. The minimum Gasteiger partial charge on any atom is -0.308 e. The molecule has 136 valence electrons. The van der Waals surface area contributed by atoms with Crippen molar-refractivity contribution in [3.63, 3.8) is 0 Å². The number of hydrogen-bond donors (Lipinski definition) is 2. The number of aryl methyl sites for hydroxylation is 1. The predicted octanol–water partition coefficient (Wildman–Crippen LogP) is 3.91. The zero-order valence-electron chi connectivity index (χ0n) is 13.8. The van der Waals surface area contributed by atoms with Crippen LogP contribution in [0.5, 0.6) is 0 Å². The van der Waals surface area contributed by atoms with Gasteiger partial charge in [-0.25, -0.2) is 4.79 Å². The molecule has 2 aromatic rings. The second kappa shape index (κ2) is 7.44. The molecule has 0 fully saturated rings. The summed E-state index contributed by atoms with van der Waals surface area (Å²) in [5, 5.41) is 8.85. The molecule has 10 heteroatoms. The van der Waals surface area contributed by atoms with Crippen LogP contribution in [0.1, 0.15) is 11.1 Å². The average Bonchev–Trinajstić information content (AvgIpc) is 2.77. The van der Waals surface area contributed by atoms with Crippen molar-refractivity contribution in [2.75, 3.05) is 24.7 Å². The number of benzene rings is 1. The fraction of sp³-hybridized carbons (Fsp3) is 0.333. The summed E-state index contributed by atoms with van der Waals surface area (Å²) in [6.45, 7) is 0.142. The normalized spacial score (nSPS) is 11.7. The molecule has 0 spiro atoms. The van der Waals surface area contributed by atoms with Gasteiger partial charge in [0.15, 0.2) is 5.82 Å². The first-order chi connectivity index (χ1) is 11.6. The monoisotopic (exact) mass is 419 g/mol. The highest BCUT2D eigenvalue weighted by Crippen LogP contribution is 2.34. The highest BCUT2D eigenvalue weighted by Gasteiger charge is 2.33. The number of rotatable bonds is 4. The van der Waals surface area contributed by atoms with E-state index in [0.717, 1.165) is 6.07 Å². The molecule has 0 aliphatic carbocycles. The van der Waals surface area contributed by atoms with E-state index in [1.807, 2.05) is 0 Å². The maximum atomic E-state index is 13.2. The van der Waals surface area contributed by atoms with Gasteiger partial charge in [-0.1, -0.05) is 6.07 Å². The van der Waals surface area contributed by atoms with Crippen LogP contribution in [0.15, 0.2) is 28.9 Å². The fourth-order valence-electron chi connectivity index (χ4n) is 2.18. The lowest BCUT2D eigenvalue weighted by Crippen LogP contribution is -2.21. The number of alkyl halides is 3. The van der Waals surface area contributed by atoms with Crippen molar-refractivity contribution in [1.82, 2.24) is 14.7 Å². The second-order valence-electron chi connectivity index (χ2n) is 5.66. The maximum absolute atomic E-state index is 13.2. The first-order valence-electron chi connectivity index (χ1n) is 7.18. The molecule has 25 heavy (non-hydrogen) atoms. The lowest BCUT2D eigenvalue weighted by Gasteiger charge is -2.17. The third-order valence-corrected chi connectivity index (χ3v) is 3.97. The summed E-state index contributed by atoms with van der Waals surface area (Å²) in [5.41, 5.74) is -0.598. The maximum Gasteiger partial charge on any atom is 0.416 e. The first kappa shape index (κ1) is 19.3. The number of amides is 2. The van der Waals surface area contributed by atoms with Crippen LogP contribution in [0.25, 0.3) is 0 Å². The van der Waals surface area contributed by atoms with E-state index in [2.05, 4.69) is 31.7 Å². The van der Waals surface area contributed by atoms with Crippen molar-refractivity contribution >= 4 is 33.5 Å². The van der Waals surface area contributed by atoms with E-state index >= 15 is 0 Å². The standard InChI is InChI=1S/C15H17BrF3N5O/c1-23(2)8-9-4-5-10(6-11(9)15(17,18)19)20-14(25)21-13-7-12(16)24(3)22-13/h4-7H,8H2,1-3H3,(H2,20,21,22,25). The molecule has 0 unspecified atom stereocenters. The summed E-state index contributed by atoms with van der Waals surface area (Å²) in [7, 11) is 5.04. The molecule has 2 N–H and O–H groups in total. The van der Waals surface area contributed by atoms with Crippen LogP contribution in [0.2, 0.25) is 0 Å². The number of nitrogens with zero attached hydrogens (tertiary/aromatic N) is 3. The Labute approximate surface area is 151 Å². The van der Waals surface area contributed by atoms with Gasteiger partial charge in [0.1, 0.15) is 4.60 Å². The van der Waals surface area contributed by atoms with Crippen LogP contribution in [-0.4, -0.2) is 34.8 Å². The molecule has 0 saturated heterocycles. The Morgan fingerprint density at radius 3 is 2.48 bits per heavy atom. The Morgan fingerprint density at radius 2 is 1.96 bits per heavy atom. The van der Waals surface area contributed by atoms with Crippen molar-refractivity contribution < 1.29 is 18.0 Å². The van der Waals surface area contributed by atoms with E-state index in [0.29, 0.717) is 4.60 Å². The smallest absolute Gasteiger partial charge is 0.308 e. The summed E-state index contributed by atoms with van der Waals surface area (Å²) in [6.07, 6.45) is -4.51. The summed E-state index contributed by atoms with van der Waals surface area (Å²) in [4.78, 5) is 13.6. The van der Waals surface area contributed by atoms with Gasteiger partial charge in [0, 0.05) is 25.3 Å². The Bertz CT molecular complexity index is 754. The van der Waals surface area contributed by atoms with Crippen LogP contribution < -0.4 is 10.6 Å². The average molecular weight is 420 g/mol. The van der Waals surface area contributed by atoms with Gasteiger partial charge in [0.2, 0.25) is 0 Å². The van der Waals surface area contributed by atoms with Crippen LogP contribution in [0.3, 0.4) is 0 Å². The Kier molecular flexibility index (Phi) is 5.73. The fourth-order valence-corrected chi connectivity index (χ4v) is 2.48. The SMILES string of the molecule is CN(C)Cc1ccc(NC(=O)Nc2cc(Br)n(C)n2)cc1C(F)(F)F. The number of aromatic nitrogens is 2. The molecule has 6 nitrogen and oxygen atoms in total. The summed E-state index contributed by atoms with van der Waals surface area (Å²) in [5.74, 6) is 0.271. The van der Waals surface area contributed by atoms with Gasteiger partial charge < -0.3 is 10.2 Å². The zero-order valence-corrected chi connectivity index (χ0v) is 15.4.